The van der Waals surface area contributed by atoms with Crippen LogP contribution in [0.2, 0.25) is 5.02 Å². The number of halogens is 1. The molecule has 0 saturated carbocycles. The number of nitrogens with zero attached hydrogens (tertiary/aromatic N) is 3. The lowest BCUT2D eigenvalue weighted by atomic mass is 9.94. The normalized spacial score (nSPS) is 23.2. The molecule has 0 N–H and O–H groups in total. The lowest BCUT2D eigenvalue weighted by Crippen LogP contribution is -2.42. The third-order valence-electron chi connectivity index (χ3n) is 6.80. The summed E-state index contributed by atoms with van der Waals surface area (Å²) in [6.07, 6.45) is 2.80. The SMILES string of the molecule is CC1CC(C)CN(S(=O)(=O)c2ccc(C(=O)N(CC3CCCO3)c3nc4ccc(Cl)cc4s3)cc2)C1. The number of hydrogen-bond donors (Lipinski definition) is 0. The summed E-state index contributed by atoms with van der Waals surface area (Å²) in [5, 5.41) is 1.18. The number of piperidine rings is 1. The van der Waals surface area contributed by atoms with Crippen molar-refractivity contribution in [2.75, 3.05) is 31.1 Å². The van der Waals surface area contributed by atoms with Gasteiger partial charge in [0.1, 0.15) is 0 Å². The number of amides is 1. The standard InChI is InChI=1S/C26H30ClN3O4S2/c1-17-12-18(2)15-29(14-17)36(32,33)22-8-5-19(6-9-22)25(31)30(16-21-4-3-11-34-21)26-28-23-10-7-20(27)13-24(23)35-26/h5-10,13,17-18,21H,3-4,11-12,14-16H2,1-2H3. The van der Waals surface area contributed by atoms with Crippen molar-refractivity contribution < 1.29 is 17.9 Å². The Morgan fingerprint density at radius 1 is 1.17 bits per heavy atom. The third-order valence-corrected chi connectivity index (χ3v) is 9.92. The molecular weight excluding hydrogens is 518 g/mol. The van der Waals surface area contributed by atoms with Gasteiger partial charge in [-0.2, -0.15) is 4.31 Å². The Morgan fingerprint density at radius 2 is 1.89 bits per heavy atom. The molecule has 0 spiro atoms. The smallest absolute Gasteiger partial charge is 0.260 e. The summed E-state index contributed by atoms with van der Waals surface area (Å²) < 4.78 is 34.8. The lowest BCUT2D eigenvalue weighted by molar-refractivity contribution is 0.0917. The van der Waals surface area contributed by atoms with E-state index in [-0.39, 0.29) is 16.9 Å². The van der Waals surface area contributed by atoms with Crippen LogP contribution in [-0.4, -0.2) is 56.0 Å². The Balaban J connectivity index is 1.42. The Bertz CT molecular complexity index is 1340. The Kier molecular flexibility index (Phi) is 7.38. The maximum atomic E-state index is 13.7. The second-order valence-electron chi connectivity index (χ2n) is 9.95. The summed E-state index contributed by atoms with van der Waals surface area (Å²) in [5.41, 5.74) is 1.18. The van der Waals surface area contributed by atoms with Gasteiger partial charge in [0.15, 0.2) is 5.13 Å². The Labute approximate surface area is 221 Å². The van der Waals surface area contributed by atoms with Gasteiger partial charge in [-0.1, -0.05) is 36.8 Å². The van der Waals surface area contributed by atoms with Crippen LogP contribution in [0.3, 0.4) is 0 Å². The van der Waals surface area contributed by atoms with Crippen LogP contribution in [0, 0.1) is 11.8 Å². The van der Waals surface area contributed by atoms with E-state index in [1.54, 1.807) is 27.4 Å². The number of aromatic nitrogens is 1. The minimum atomic E-state index is -3.62. The molecule has 2 aromatic carbocycles. The van der Waals surface area contributed by atoms with Gasteiger partial charge in [-0.25, -0.2) is 13.4 Å². The van der Waals surface area contributed by atoms with Crippen molar-refractivity contribution in [1.82, 2.24) is 9.29 Å². The van der Waals surface area contributed by atoms with Gasteiger partial charge in [-0.3, -0.25) is 9.69 Å². The second kappa shape index (κ2) is 10.4. The Hall–Kier alpha value is -2.04. The van der Waals surface area contributed by atoms with Crippen LogP contribution in [0.4, 0.5) is 5.13 Å². The predicted octanol–water partition coefficient (Wildman–Crippen LogP) is 5.44. The fraction of sp³-hybridized carbons (Fsp3) is 0.462. The minimum Gasteiger partial charge on any atom is -0.376 e. The molecule has 0 aliphatic carbocycles. The highest BCUT2D eigenvalue weighted by atomic mass is 35.5. The van der Waals surface area contributed by atoms with E-state index in [1.807, 2.05) is 12.1 Å². The fourth-order valence-electron chi connectivity index (χ4n) is 5.12. The number of thiazole rings is 1. The topological polar surface area (TPSA) is 79.8 Å². The highest BCUT2D eigenvalue weighted by Gasteiger charge is 2.32. The molecule has 2 saturated heterocycles. The van der Waals surface area contributed by atoms with Gasteiger partial charge < -0.3 is 4.74 Å². The van der Waals surface area contributed by atoms with Crippen LogP contribution in [0.5, 0.6) is 0 Å². The second-order valence-corrected chi connectivity index (χ2v) is 13.3. The molecule has 7 nitrogen and oxygen atoms in total. The summed E-state index contributed by atoms with van der Waals surface area (Å²) >= 11 is 7.56. The molecule has 10 heteroatoms. The first kappa shape index (κ1) is 25.6. The van der Waals surface area contributed by atoms with Gasteiger partial charge in [-0.15, -0.1) is 0 Å². The van der Waals surface area contributed by atoms with Gasteiger partial charge in [0.25, 0.3) is 5.91 Å². The molecule has 5 rings (SSSR count). The fourth-order valence-corrected chi connectivity index (χ4v) is 8.05. The molecule has 2 fully saturated rings. The van der Waals surface area contributed by atoms with E-state index in [0.717, 1.165) is 29.5 Å². The first-order chi connectivity index (χ1) is 17.2. The molecule has 0 bridgehead atoms. The molecule has 0 radical (unpaired) electrons. The van der Waals surface area contributed by atoms with Crippen LogP contribution in [0.15, 0.2) is 47.4 Å². The van der Waals surface area contributed by atoms with E-state index in [1.165, 1.54) is 23.5 Å². The largest absolute Gasteiger partial charge is 0.376 e. The van der Waals surface area contributed by atoms with Crippen molar-refractivity contribution in [3.05, 3.63) is 53.1 Å². The van der Waals surface area contributed by atoms with E-state index >= 15 is 0 Å². The van der Waals surface area contributed by atoms with Crippen LogP contribution in [0.1, 0.15) is 43.5 Å². The number of carbonyl (C=O) groups excluding carboxylic acids is 1. The summed E-state index contributed by atoms with van der Waals surface area (Å²) in [6.45, 7) is 6.27. The molecule has 3 atom stereocenters. The molecule has 192 valence electrons. The van der Waals surface area contributed by atoms with Crippen molar-refractivity contribution in [2.45, 2.75) is 44.1 Å². The van der Waals surface area contributed by atoms with Crippen molar-refractivity contribution in [1.29, 1.82) is 0 Å². The first-order valence-electron chi connectivity index (χ1n) is 12.3. The molecule has 3 aromatic rings. The number of carbonyl (C=O) groups is 1. The monoisotopic (exact) mass is 547 g/mol. The summed E-state index contributed by atoms with van der Waals surface area (Å²) in [5.74, 6) is 0.402. The van der Waals surface area contributed by atoms with Gasteiger partial charge in [-0.05, 0) is 73.6 Å². The zero-order valence-corrected chi connectivity index (χ0v) is 22.8. The molecule has 3 unspecified atom stereocenters. The average Bonchev–Trinajstić information content (AvgIpc) is 3.51. The van der Waals surface area contributed by atoms with E-state index < -0.39 is 10.0 Å². The maximum Gasteiger partial charge on any atom is 0.260 e. The van der Waals surface area contributed by atoms with Gasteiger partial charge in [0.05, 0.1) is 27.8 Å². The van der Waals surface area contributed by atoms with E-state index in [9.17, 15) is 13.2 Å². The number of sulfonamides is 1. The number of hydrogen-bond acceptors (Lipinski definition) is 6. The van der Waals surface area contributed by atoms with E-state index in [0.29, 0.717) is 53.8 Å². The third kappa shape index (κ3) is 5.31. The number of fused-ring (bicyclic) bond motifs is 1. The zero-order valence-electron chi connectivity index (χ0n) is 20.4. The first-order valence-corrected chi connectivity index (χ1v) is 14.9. The maximum absolute atomic E-state index is 13.7. The molecule has 3 heterocycles. The Morgan fingerprint density at radius 3 is 2.56 bits per heavy atom. The van der Waals surface area contributed by atoms with Crippen LogP contribution in [0.25, 0.3) is 10.2 Å². The van der Waals surface area contributed by atoms with Gasteiger partial charge in [0.2, 0.25) is 10.0 Å². The quantitative estimate of drug-likeness (QED) is 0.410. The van der Waals surface area contributed by atoms with Crippen molar-refractivity contribution in [3.63, 3.8) is 0 Å². The number of benzene rings is 2. The number of ether oxygens (including phenoxy) is 1. The molecule has 36 heavy (non-hydrogen) atoms. The van der Waals surface area contributed by atoms with Crippen molar-refractivity contribution >= 4 is 54.2 Å². The molecule has 1 aromatic heterocycles. The zero-order chi connectivity index (χ0) is 25.4. The minimum absolute atomic E-state index is 0.0627. The molecular formula is C26H30ClN3O4S2. The van der Waals surface area contributed by atoms with Crippen LogP contribution >= 0.6 is 22.9 Å². The van der Waals surface area contributed by atoms with Gasteiger partial charge in [0, 0.05) is 30.3 Å². The van der Waals surface area contributed by atoms with E-state index in [4.69, 9.17) is 16.3 Å². The van der Waals surface area contributed by atoms with Gasteiger partial charge >= 0.3 is 0 Å². The van der Waals surface area contributed by atoms with Crippen molar-refractivity contribution in [3.8, 4) is 0 Å². The number of rotatable bonds is 6. The summed E-state index contributed by atoms with van der Waals surface area (Å²) in [7, 11) is -3.62. The van der Waals surface area contributed by atoms with Crippen LogP contribution < -0.4 is 4.90 Å². The lowest BCUT2D eigenvalue weighted by Gasteiger charge is -2.34. The highest BCUT2D eigenvalue weighted by molar-refractivity contribution is 7.89. The van der Waals surface area contributed by atoms with E-state index in [2.05, 4.69) is 18.8 Å². The van der Waals surface area contributed by atoms with Crippen LogP contribution in [-0.2, 0) is 14.8 Å². The number of anilines is 1. The van der Waals surface area contributed by atoms with Crippen molar-refractivity contribution in [2.24, 2.45) is 11.8 Å². The average molecular weight is 548 g/mol. The highest BCUT2D eigenvalue weighted by Crippen LogP contribution is 2.33. The summed E-state index contributed by atoms with van der Waals surface area (Å²) in [4.78, 5) is 20.2. The molecule has 2 aliphatic rings. The summed E-state index contributed by atoms with van der Waals surface area (Å²) in [6, 6.07) is 11.7. The predicted molar refractivity (Wildman–Crippen MR) is 143 cm³/mol. The molecule has 1 amide bonds. The molecule has 2 aliphatic heterocycles.